The maximum atomic E-state index is 12.5. The minimum Gasteiger partial charge on any atom is -0.480 e. The number of Topliss-reactive ketones (excluding diaryl/α,β-unsaturated/α-hetero) is 1. The van der Waals surface area contributed by atoms with Crippen molar-refractivity contribution in [3.05, 3.63) is 0 Å². The molecule has 1 fully saturated rings. The van der Waals surface area contributed by atoms with Gasteiger partial charge in [-0.1, -0.05) is 33.6 Å². The molecule has 1 rings (SSSR count). The fraction of sp³-hybridized carbons (Fsp3) is 0.762. The Morgan fingerprint density at radius 1 is 0.781 bits per heavy atom. The molecule has 2 atom stereocenters. The van der Waals surface area contributed by atoms with Crippen molar-refractivity contribution < 1.29 is 39.3 Å². The average molecular weight is 458 g/mol. The number of nitrogens with one attached hydrogen (secondary N) is 1. The van der Waals surface area contributed by atoms with Crippen LogP contribution < -0.4 is 5.32 Å². The number of hydrogen-bond acceptors (Lipinski definition) is 7. The number of amides is 1. The first-order valence-electron chi connectivity index (χ1n) is 10.7. The summed E-state index contributed by atoms with van der Waals surface area (Å²) in [6, 6.07) is -0.994. The van der Waals surface area contributed by atoms with Gasteiger partial charge in [0.25, 0.3) is 0 Å². The van der Waals surface area contributed by atoms with Gasteiger partial charge in [0.05, 0.1) is 26.2 Å². The molecule has 1 amide bonds. The second kappa shape index (κ2) is 12.5. The monoisotopic (exact) mass is 457 g/mol. The number of ketones is 1. The summed E-state index contributed by atoms with van der Waals surface area (Å²) in [5.41, 5.74) is -0.521. The zero-order valence-corrected chi connectivity index (χ0v) is 19.0. The van der Waals surface area contributed by atoms with Crippen molar-refractivity contribution in [1.29, 1.82) is 0 Å². The first-order chi connectivity index (χ1) is 14.8. The first kappa shape index (κ1) is 27.5. The van der Waals surface area contributed by atoms with Gasteiger partial charge in [0.2, 0.25) is 5.91 Å². The predicted octanol–water partition coefficient (Wildman–Crippen LogP) is 0.277. The lowest BCUT2D eigenvalue weighted by Crippen LogP contribution is -2.58. The molecule has 1 aliphatic rings. The van der Waals surface area contributed by atoms with E-state index in [1.165, 1.54) is 9.80 Å². The molecule has 182 valence electrons. The standard InChI is InChI=1S/C21H35N3O8/c1-21(2,3)16(25)8-9-22-17(26)10-23(11-18(27)28)14-6-4-5-7-15(14)24(12-19(29)30)13-20(31)32/h14-15H,4-13H2,1-3H3,(H,22,26)(H,27,28)(H,29,30)(H,31,32). The summed E-state index contributed by atoms with van der Waals surface area (Å²) in [5.74, 6) is -3.96. The maximum Gasteiger partial charge on any atom is 0.317 e. The summed E-state index contributed by atoms with van der Waals surface area (Å²) in [4.78, 5) is 61.3. The van der Waals surface area contributed by atoms with Crippen LogP contribution in [0.25, 0.3) is 0 Å². The Balaban J connectivity index is 2.92. The Kier molecular flexibility index (Phi) is 10.7. The minimum atomic E-state index is -1.18. The number of carbonyl (C=O) groups excluding carboxylic acids is 2. The summed E-state index contributed by atoms with van der Waals surface area (Å²) in [5, 5.41) is 30.4. The number of carboxylic acids is 3. The van der Waals surface area contributed by atoms with Crippen LogP contribution in [-0.4, -0.2) is 99.5 Å². The van der Waals surface area contributed by atoms with E-state index in [0.717, 1.165) is 12.8 Å². The summed E-state index contributed by atoms with van der Waals surface area (Å²) < 4.78 is 0. The first-order valence-corrected chi connectivity index (χ1v) is 10.7. The predicted molar refractivity (Wildman–Crippen MR) is 114 cm³/mol. The molecule has 0 aliphatic heterocycles. The zero-order chi connectivity index (χ0) is 24.5. The molecule has 1 saturated carbocycles. The third kappa shape index (κ3) is 9.73. The van der Waals surface area contributed by atoms with E-state index in [1.807, 2.05) is 0 Å². The van der Waals surface area contributed by atoms with E-state index in [2.05, 4.69) is 5.32 Å². The lowest BCUT2D eigenvalue weighted by Gasteiger charge is -2.43. The van der Waals surface area contributed by atoms with Crippen LogP contribution in [0.2, 0.25) is 0 Å². The van der Waals surface area contributed by atoms with Crippen molar-refractivity contribution in [3.63, 3.8) is 0 Å². The molecule has 0 aromatic rings. The van der Waals surface area contributed by atoms with Crippen LogP contribution in [0.3, 0.4) is 0 Å². The number of hydrogen-bond donors (Lipinski definition) is 4. The van der Waals surface area contributed by atoms with Gasteiger partial charge >= 0.3 is 17.9 Å². The highest BCUT2D eigenvalue weighted by Gasteiger charge is 2.37. The Morgan fingerprint density at radius 2 is 1.19 bits per heavy atom. The van der Waals surface area contributed by atoms with Gasteiger partial charge in [-0.2, -0.15) is 0 Å². The molecule has 2 unspecified atom stereocenters. The number of carbonyl (C=O) groups is 5. The van der Waals surface area contributed by atoms with Gasteiger partial charge in [-0.05, 0) is 12.8 Å². The molecule has 4 N–H and O–H groups in total. The van der Waals surface area contributed by atoms with Crippen molar-refractivity contribution in [2.24, 2.45) is 5.41 Å². The van der Waals surface area contributed by atoms with Crippen LogP contribution >= 0.6 is 0 Å². The Morgan fingerprint density at radius 3 is 1.56 bits per heavy atom. The molecule has 32 heavy (non-hydrogen) atoms. The number of aliphatic carboxylic acids is 3. The van der Waals surface area contributed by atoms with Crippen LogP contribution in [0.1, 0.15) is 52.9 Å². The largest absolute Gasteiger partial charge is 0.480 e. The molecular formula is C21H35N3O8. The summed E-state index contributed by atoms with van der Waals surface area (Å²) >= 11 is 0. The second-order valence-electron chi connectivity index (χ2n) is 9.18. The molecule has 11 nitrogen and oxygen atoms in total. The van der Waals surface area contributed by atoms with Gasteiger partial charge in [-0.3, -0.25) is 33.8 Å². The van der Waals surface area contributed by atoms with E-state index in [9.17, 15) is 39.3 Å². The third-order valence-electron chi connectivity index (χ3n) is 5.50. The van der Waals surface area contributed by atoms with E-state index >= 15 is 0 Å². The van der Waals surface area contributed by atoms with Crippen LogP contribution in [0.4, 0.5) is 0 Å². The highest BCUT2D eigenvalue weighted by atomic mass is 16.4. The van der Waals surface area contributed by atoms with Crippen LogP contribution in [-0.2, 0) is 24.0 Å². The van der Waals surface area contributed by atoms with Gasteiger partial charge in [0.1, 0.15) is 5.78 Å². The Bertz CT molecular complexity index is 688. The lowest BCUT2D eigenvalue weighted by molar-refractivity contribution is -0.147. The van der Waals surface area contributed by atoms with Gasteiger partial charge in [0, 0.05) is 30.5 Å². The molecule has 0 saturated heterocycles. The Labute approximate surface area is 187 Å². The van der Waals surface area contributed by atoms with Gasteiger partial charge in [0.15, 0.2) is 0 Å². The lowest BCUT2D eigenvalue weighted by atomic mass is 9.87. The van der Waals surface area contributed by atoms with Gasteiger partial charge in [-0.25, -0.2) is 0 Å². The summed E-state index contributed by atoms with van der Waals surface area (Å²) in [6.07, 6.45) is 2.68. The van der Waals surface area contributed by atoms with Gasteiger partial charge in [-0.15, -0.1) is 0 Å². The van der Waals surface area contributed by atoms with E-state index < -0.39 is 60.9 Å². The molecule has 0 radical (unpaired) electrons. The van der Waals surface area contributed by atoms with Crippen molar-refractivity contribution in [1.82, 2.24) is 15.1 Å². The molecular weight excluding hydrogens is 422 g/mol. The van der Waals surface area contributed by atoms with Crippen molar-refractivity contribution >= 4 is 29.6 Å². The van der Waals surface area contributed by atoms with Crippen molar-refractivity contribution in [2.75, 3.05) is 32.7 Å². The summed E-state index contributed by atoms with van der Waals surface area (Å²) in [7, 11) is 0. The van der Waals surface area contributed by atoms with E-state index in [4.69, 9.17) is 0 Å². The summed E-state index contributed by atoms with van der Waals surface area (Å²) in [6.45, 7) is 3.83. The smallest absolute Gasteiger partial charge is 0.317 e. The molecule has 1 aliphatic carbocycles. The fourth-order valence-electron chi connectivity index (χ4n) is 3.98. The SMILES string of the molecule is CC(C)(C)C(=O)CCNC(=O)CN(CC(=O)O)C1CCCCC1N(CC(=O)O)CC(=O)O. The van der Waals surface area contributed by atoms with Crippen LogP contribution in [0.5, 0.6) is 0 Å². The topological polar surface area (TPSA) is 165 Å². The van der Waals surface area contributed by atoms with E-state index in [1.54, 1.807) is 20.8 Å². The molecule has 0 aromatic heterocycles. The minimum absolute atomic E-state index is 0.00878. The molecule has 0 heterocycles. The van der Waals surface area contributed by atoms with E-state index in [-0.39, 0.29) is 25.3 Å². The molecule has 0 spiro atoms. The number of carboxylic acid groups (broad SMARTS) is 3. The molecule has 0 aromatic carbocycles. The normalized spacial score (nSPS) is 19.0. The molecule has 11 heteroatoms. The number of rotatable bonds is 13. The number of nitrogens with zero attached hydrogens (tertiary/aromatic N) is 2. The average Bonchev–Trinajstić information content (AvgIpc) is 2.65. The van der Waals surface area contributed by atoms with Crippen molar-refractivity contribution in [2.45, 2.75) is 65.0 Å². The third-order valence-corrected chi connectivity index (χ3v) is 5.50. The van der Waals surface area contributed by atoms with Crippen molar-refractivity contribution in [3.8, 4) is 0 Å². The maximum absolute atomic E-state index is 12.5. The van der Waals surface area contributed by atoms with Crippen LogP contribution in [0, 0.1) is 5.41 Å². The highest BCUT2D eigenvalue weighted by Crippen LogP contribution is 2.27. The second-order valence-corrected chi connectivity index (χ2v) is 9.18. The highest BCUT2D eigenvalue weighted by molar-refractivity contribution is 5.85. The van der Waals surface area contributed by atoms with Gasteiger partial charge < -0.3 is 20.6 Å². The fourth-order valence-corrected chi connectivity index (χ4v) is 3.98. The quantitative estimate of drug-likeness (QED) is 0.302. The Hall–Kier alpha value is -2.53. The zero-order valence-electron chi connectivity index (χ0n) is 19.0. The van der Waals surface area contributed by atoms with E-state index in [0.29, 0.717) is 12.8 Å². The van der Waals surface area contributed by atoms with Crippen LogP contribution in [0.15, 0.2) is 0 Å². The molecule has 0 bridgehead atoms.